The number of carbonyl (C=O) groups is 2. The van der Waals surface area contributed by atoms with Crippen molar-refractivity contribution in [2.75, 3.05) is 20.2 Å². The van der Waals surface area contributed by atoms with Gasteiger partial charge in [-0.3, -0.25) is 14.7 Å². The van der Waals surface area contributed by atoms with Crippen LogP contribution in [0, 0.1) is 11.8 Å². The van der Waals surface area contributed by atoms with E-state index in [0.29, 0.717) is 17.0 Å². The fraction of sp³-hybridized carbons (Fsp3) is 0.353. The van der Waals surface area contributed by atoms with Crippen molar-refractivity contribution in [3.8, 4) is 17.0 Å². The Morgan fingerprint density at radius 1 is 1.30 bits per heavy atom. The Bertz CT molecular complexity index is 865. The van der Waals surface area contributed by atoms with Gasteiger partial charge in [0.05, 0.1) is 24.6 Å². The van der Waals surface area contributed by atoms with Gasteiger partial charge < -0.3 is 14.7 Å². The molecule has 0 aliphatic carbocycles. The van der Waals surface area contributed by atoms with E-state index in [-0.39, 0.29) is 5.69 Å². The number of halogens is 3. The van der Waals surface area contributed by atoms with Crippen LogP contribution in [-0.2, 0) is 4.79 Å². The number of aromatic nitrogens is 2. The molecule has 1 fully saturated rings. The summed E-state index contributed by atoms with van der Waals surface area (Å²) in [4.78, 5) is 24.6. The number of alkyl halides is 3. The van der Waals surface area contributed by atoms with Crippen LogP contribution in [0.5, 0.6) is 5.75 Å². The fourth-order valence-corrected chi connectivity index (χ4v) is 3.08. The van der Waals surface area contributed by atoms with Gasteiger partial charge in [-0.05, 0) is 18.2 Å². The lowest BCUT2D eigenvalue weighted by molar-refractivity contribution is -0.187. The number of aliphatic carboxylic acids is 1. The predicted molar refractivity (Wildman–Crippen MR) is 87.2 cm³/mol. The van der Waals surface area contributed by atoms with E-state index in [1.807, 2.05) is 0 Å². The molecule has 1 saturated heterocycles. The van der Waals surface area contributed by atoms with E-state index in [1.165, 1.54) is 13.2 Å². The van der Waals surface area contributed by atoms with Crippen molar-refractivity contribution in [3.05, 3.63) is 36.0 Å². The molecule has 144 valence electrons. The maximum Gasteiger partial charge on any atom is 0.394 e. The lowest BCUT2D eigenvalue weighted by atomic mass is 9.96. The number of aromatic amines is 1. The molecule has 1 amide bonds. The third kappa shape index (κ3) is 3.74. The van der Waals surface area contributed by atoms with E-state index >= 15 is 0 Å². The number of likely N-dealkylation sites (tertiary alicyclic amines) is 1. The average molecular weight is 383 g/mol. The van der Waals surface area contributed by atoms with Gasteiger partial charge in [-0.15, -0.1) is 0 Å². The van der Waals surface area contributed by atoms with Crippen LogP contribution in [0.25, 0.3) is 11.3 Å². The summed E-state index contributed by atoms with van der Waals surface area (Å²) >= 11 is 0. The SMILES string of the molecule is COc1cccc(-c2cc(C(=O)N3C[C@@H](C(F)(F)F)[C@H](C(=O)O)C3)[nH]n2)c1. The number of carboxylic acid groups (broad SMARTS) is 1. The van der Waals surface area contributed by atoms with Gasteiger partial charge in [-0.2, -0.15) is 18.3 Å². The number of rotatable bonds is 4. The molecular weight excluding hydrogens is 367 g/mol. The highest BCUT2D eigenvalue weighted by molar-refractivity contribution is 5.94. The highest BCUT2D eigenvalue weighted by Crippen LogP contribution is 2.38. The quantitative estimate of drug-likeness (QED) is 0.846. The van der Waals surface area contributed by atoms with E-state index in [4.69, 9.17) is 9.84 Å². The first-order valence-electron chi connectivity index (χ1n) is 7.99. The molecule has 1 aromatic heterocycles. The van der Waals surface area contributed by atoms with Crippen LogP contribution in [-0.4, -0.2) is 58.5 Å². The summed E-state index contributed by atoms with van der Waals surface area (Å²) in [6.07, 6.45) is -4.70. The van der Waals surface area contributed by atoms with Crippen LogP contribution in [0.1, 0.15) is 10.5 Å². The smallest absolute Gasteiger partial charge is 0.394 e. The van der Waals surface area contributed by atoms with E-state index < -0.39 is 43.0 Å². The van der Waals surface area contributed by atoms with Crippen molar-refractivity contribution in [2.24, 2.45) is 11.8 Å². The molecule has 0 radical (unpaired) electrons. The molecule has 7 nitrogen and oxygen atoms in total. The minimum Gasteiger partial charge on any atom is -0.497 e. The molecule has 0 spiro atoms. The van der Waals surface area contributed by atoms with E-state index in [9.17, 15) is 22.8 Å². The Morgan fingerprint density at radius 3 is 2.63 bits per heavy atom. The van der Waals surface area contributed by atoms with Gasteiger partial charge in [0, 0.05) is 18.7 Å². The number of nitrogens with zero attached hydrogens (tertiary/aromatic N) is 2. The van der Waals surface area contributed by atoms with Crippen LogP contribution in [0.4, 0.5) is 13.2 Å². The number of methoxy groups -OCH3 is 1. The van der Waals surface area contributed by atoms with Crippen LogP contribution in [0.15, 0.2) is 30.3 Å². The molecule has 0 bridgehead atoms. The number of H-pyrrole nitrogens is 1. The molecule has 2 aromatic rings. The second kappa shape index (κ2) is 6.93. The molecule has 1 aliphatic heterocycles. The summed E-state index contributed by atoms with van der Waals surface area (Å²) in [5.74, 6) is -5.50. The molecule has 3 rings (SSSR count). The van der Waals surface area contributed by atoms with Gasteiger partial charge in [0.15, 0.2) is 0 Å². The van der Waals surface area contributed by atoms with Crippen molar-refractivity contribution in [1.29, 1.82) is 0 Å². The monoisotopic (exact) mass is 383 g/mol. The third-order valence-electron chi connectivity index (χ3n) is 4.52. The van der Waals surface area contributed by atoms with Crippen molar-refractivity contribution in [2.45, 2.75) is 6.18 Å². The second-order valence-electron chi connectivity index (χ2n) is 6.20. The Hall–Kier alpha value is -3.04. The van der Waals surface area contributed by atoms with Crippen molar-refractivity contribution >= 4 is 11.9 Å². The van der Waals surface area contributed by atoms with Crippen molar-refractivity contribution < 1.29 is 32.6 Å². The van der Waals surface area contributed by atoms with Crippen molar-refractivity contribution in [3.63, 3.8) is 0 Å². The number of carboxylic acids is 1. The van der Waals surface area contributed by atoms with Crippen molar-refractivity contribution in [1.82, 2.24) is 15.1 Å². The molecule has 10 heteroatoms. The molecule has 0 saturated carbocycles. The van der Waals surface area contributed by atoms with Crippen LogP contribution >= 0.6 is 0 Å². The molecule has 0 unspecified atom stereocenters. The van der Waals surface area contributed by atoms with Crippen LogP contribution in [0.2, 0.25) is 0 Å². The third-order valence-corrected chi connectivity index (χ3v) is 4.52. The number of ether oxygens (including phenoxy) is 1. The largest absolute Gasteiger partial charge is 0.497 e. The van der Waals surface area contributed by atoms with Gasteiger partial charge in [-0.25, -0.2) is 0 Å². The molecule has 2 atom stereocenters. The Kier molecular flexibility index (Phi) is 4.81. The van der Waals surface area contributed by atoms with Crippen LogP contribution < -0.4 is 4.74 Å². The number of hydrogen-bond donors (Lipinski definition) is 2. The fourth-order valence-electron chi connectivity index (χ4n) is 3.08. The van der Waals surface area contributed by atoms with Gasteiger partial charge in [0.2, 0.25) is 0 Å². The Morgan fingerprint density at radius 2 is 2.04 bits per heavy atom. The maximum absolute atomic E-state index is 13.1. The Balaban J connectivity index is 1.81. The summed E-state index contributed by atoms with van der Waals surface area (Å²) in [5.41, 5.74) is 1.06. The van der Waals surface area contributed by atoms with Gasteiger partial charge in [0.25, 0.3) is 5.91 Å². The Labute approximate surface area is 151 Å². The normalized spacial score (nSPS) is 19.9. The first kappa shape index (κ1) is 18.7. The highest BCUT2D eigenvalue weighted by Gasteiger charge is 2.53. The molecule has 1 aliphatic rings. The van der Waals surface area contributed by atoms with Gasteiger partial charge in [0.1, 0.15) is 11.4 Å². The number of benzene rings is 1. The zero-order chi connectivity index (χ0) is 19.8. The molecule has 1 aromatic carbocycles. The number of amides is 1. The minimum atomic E-state index is -4.70. The van der Waals surface area contributed by atoms with Crippen LogP contribution in [0.3, 0.4) is 0 Å². The summed E-state index contributed by atoms with van der Waals surface area (Å²) in [6, 6.07) is 8.31. The zero-order valence-corrected chi connectivity index (χ0v) is 14.2. The second-order valence-corrected chi connectivity index (χ2v) is 6.20. The number of carbonyl (C=O) groups excluding carboxylic acids is 1. The topological polar surface area (TPSA) is 95.5 Å². The summed E-state index contributed by atoms with van der Waals surface area (Å²) in [6.45, 7) is -1.21. The minimum absolute atomic E-state index is 0.0141. The predicted octanol–water partition coefficient (Wildman–Crippen LogP) is 2.42. The first-order chi connectivity index (χ1) is 12.7. The number of nitrogens with one attached hydrogen (secondary N) is 1. The lowest BCUT2D eigenvalue weighted by Crippen LogP contribution is -2.34. The average Bonchev–Trinajstić information content (AvgIpc) is 3.28. The molecule has 2 N–H and O–H groups in total. The standard InChI is InChI=1S/C17H16F3N3O4/c1-27-10-4-2-3-9(5-10)13-6-14(22-21-13)15(24)23-7-11(16(25)26)12(8-23)17(18,19)20/h2-6,11-12H,7-8H2,1H3,(H,21,22)(H,25,26)/t11-,12-/m1/s1. The first-order valence-corrected chi connectivity index (χ1v) is 7.99. The molecular formula is C17H16F3N3O4. The number of hydrogen-bond acceptors (Lipinski definition) is 4. The highest BCUT2D eigenvalue weighted by atomic mass is 19.4. The molecule has 27 heavy (non-hydrogen) atoms. The van der Waals surface area contributed by atoms with E-state index in [0.717, 1.165) is 4.90 Å². The molecule has 2 heterocycles. The summed E-state index contributed by atoms with van der Waals surface area (Å²) < 4.78 is 44.3. The van der Waals surface area contributed by atoms with Gasteiger partial charge >= 0.3 is 12.1 Å². The summed E-state index contributed by atoms with van der Waals surface area (Å²) in [7, 11) is 1.50. The van der Waals surface area contributed by atoms with E-state index in [1.54, 1.807) is 24.3 Å². The lowest BCUT2D eigenvalue weighted by Gasteiger charge is -2.18. The summed E-state index contributed by atoms with van der Waals surface area (Å²) in [5, 5.41) is 15.6. The maximum atomic E-state index is 13.1. The zero-order valence-electron chi connectivity index (χ0n) is 14.2. The van der Waals surface area contributed by atoms with Gasteiger partial charge in [-0.1, -0.05) is 12.1 Å². The van der Waals surface area contributed by atoms with E-state index in [2.05, 4.69) is 10.2 Å².